The number of nitrogens with one attached hydrogen (secondary N) is 1. The van der Waals surface area contributed by atoms with Crippen LogP contribution in [0.4, 0.5) is 5.69 Å². The molecule has 3 rings (SSSR count). The zero-order valence-electron chi connectivity index (χ0n) is 14.8. The van der Waals surface area contributed by atoms with Gasteiger partial charge in [-0.15, -0.1) is 0 Å². The summed E-state index contributed by atoms with van der Waals surface area (Å²) in [6.45, 7) is 0. The number of rotatable bonds is 6. The van der Waals surface area contributed by atoms with Gasteiger partial charge in [0.05, 0.1) is 11.4 Å². The number of primary sulfonamides is 1. The Kier molecular flexibility index (Phi) is 6.39. The zero-order valence-corrected chi connectivity index (χ0v) is 17.1. The highest BCUT2D eigenvalue weighted by Crippen LogP contribution is 2.31. The lowest BCUT2D eigenvalue weighted by molar-refractivity contribution is -0.115. The molecule has 0 aliphatic rings. The number of sulfonamides is 1. The number of halogens is 2. The highest BCUT2D eigenvalue weighted by molar-refractivity contribution is 7.89. The number of benzene rings is 2. The predicted octanol–water partition coefficient (Wildman–Crippen LogP) is 4.01. The van der Waals surface area contributed by atoms with E-state index in [1.165, 1.54) is 36.7 Å². The molecule has 0 fully saturated rings. The maximum absolute atomic E-state index is 12.3. The molecule has 150 valence electrons. The first-order valence-corrected chi connectivity index (χ1v) is 10.5. The van der Waals surface area contributed by atoms with Crippen molar-refractivity contribution in [1.82, 2.24) is 4.98 Å². The first-order valence-electron chi connectivity index (χ1n) is 8.21. The molecule has 29 heavy (non-hydrogen) atoms. The lowest BCUT2D eigenvalue weighted by Crippen LogP contribution is -2.17. The van der Waals surface area contributed by atoms with Gasteiger partial charge in [0.1, 0.15) is 16.4 Å². The van der Waals surface area contributed by atoms with Crippen LogP contribution in [-0.4, -0.2) is 19.3 Å². The lowest BCUT2D eigenvalue weighted by atomic mass is 10.2. The van der Waals surface area contributed by atoms with E-state index in [9.17, 15) is 13.2 Å². The molecule has 0 unspecified atom stereocenters. The van der Waals surface area contributed by atoms with Gasteiger partial charge in [0.15, 0.2) is 0 Å². The Morgan fingerprint density at radius 2 is 1.93 bits per heavy atom. The topological polar surface area (TPSA) is 111 Å². The third-order valence-electron chi connectivity index (χ3n) is 3.77. The SMILES string of the molecule is NS(=O)(=O)c1cc(NC(=O)Cc2ccncc2Cl)ccc1Oc1cccc(Cl)c1. The molecule has 3 N–H and O–H groups in total. The van der Waals surface area contributed by atoms with Gasteiger partial charge in [-0.2, -0.15) is 0 Å². The number of nitrogens with two attached hydrogens (primary N) is 1. The van der Waals surface area contributed by atoms with Gasteiger partial charge in [-0.1, -0.05) is 29.3 Å². The Hall–Kier alpha value is -2.65. The Labute approximate surface area is 177 Å². The van der Waals surface area contributed by atoms with Crippen molar-refractivity contribution in [1.29, 1.82) is 0 Å². The number of aromatic nitrogens is 1. The number of hydrogen-bond donors (Lipinski definition) is 2. The molecule has 3 aromatic rings. The minimum Gasteiger partial charge on any atom is -0.456 e. The van der Waals surface area contributed by atoms with Gasteiger partial charge in [-0.05, 0) is 48.0 Å². The van der Waals surface area contributed by atoms with Crippen molar-refractivity contribution in [2.45, 2.75) is 11.3 Å². The first-order chi connectivity index (χ1) is 13.7. The molecule has 0 spiro atoms. The van der Waals surface area contributed by atoms with E-state index in [1.54, 1.807) is 24.3 Å². The van der Waals surface area contributed by atoms with Gasteiger partial charge in [0.25, 0.3) is 0 Å². The quantitative estimate of drug-likeness (QED) is 0.587. The first kappa shape index (κ1) is 21.1. The van der Waals surface area contributed by atoms with Crippen LogP contribution in [0.1, 0.15) is 5.56 Å². The average molecular weight is 452 g/mol. The van der Waals surface area contributed by atoms with Gasteiger partial charge in [-0.25, -0.2) is 13.6 Å². The molecule has 0 radical (unpaired) electrons. The molecular formula is C19H15Cl2N3O4S. The fraction of sp³-hybridized carbons (Fsp3) is 0.0526. The van der Waals surface area contributed by atoms with E-state index in [1.807, 2.05) is 0 Å². The van der Waals surface area contributed by atoms with Crippen molar-refractivity contribution in [3.8, 4) is 11.5 Å². The van der Waals surface area contributed by atoms with Gasteiger partial charge < -0.3 is 10.1 Å². The fourth-order valence-electron chi connectivity index (χ4n) is 2.48. The summed E-state index contributed by atoms with van der Waals surface area (Å²) in [7, 11) is -4.13. The highest BCUT2D eigenvalue weighted by atomic mass is 35.5. The van der Waals surface area contributed by atoms with Crippen LogP contribution in [0.25, 0.3) is 0 Å². The number of carbonyl (C=O) groups excluding carboxylic acids is 1. The molecule has 0 bridgehead atoms. The predicted molar refractivity (Wildman–Crippen MR) is 111 cm³/mol. The number of anilines is 1. The number of amides is 1. The molecule has 2 aromatic carbocycles. The van der Waals surface area contributed by atoms with Crippen molar-refractivity contribution in [3.05, 3.63) is 76.5 Å². The van der Waals surface area contributed by atoms with Crippen molar-refractivity contribution in [3.63, 3.8) is 0 Å². The van der Waals surface area contributed by atoms with Crippen molar-refractivity contribution in [2.24, 2.45) is 5.14 Å². The van der Waals surface area contributed by atoms with Crippen molar-refractivity contribution < 1.29 is 17.9 Å². The summed E-state index contributed by atoms with van der Waals surface area (Å²) >= 11 is 11.9. The van der Waals surface area contributed by atoms with E-state index in [2.05, 4.69) is 10.3 Å². The number of hydrogen-bond acceptors (Lipinski definition) is 5. The van der Waals surface area contributed by atoms with Crippen LogP contribution in [0.5, 0.6) is 11.5 Å². The molecule has 7 nitrogen and oxygen atoms in total. The van der Waals surface area contributed by atoms with Crippen LogP contribution in [0.15, 0.2) is 65.8 Å². The zero-order chi connectivity index (χ0) is 21.0. The maximum Gasteiger partial charge on any atom is 0.241 e. The Balaban J connectivity index is 1.84. The molecule has 10 heteroatoms. The number of carbonyl (C=O) groups is 1. The third kappa shape index (κ3) is 5.68. The molecule has 0 atom stereocenters. The fourth-order valence-corrected chi connectivity index (χ4v) is 3.52. The summed E-state index contributed by atoms with van der Waals surface area (Å²) in [6, 6.07) is 12.2. The summed E-state index contributed by atoms with van der Waals surface area (Å²) in [6.07, 6.45) is 2.95. The average Bonchev–Trinajstić information content (AvgIpc) is 2.64. The molecule has 1 aromatic heterocycles. The Morgan fingerprint density at radius 1 is 1.14 bits per heavy atom. The third-order valence-corrected chi connectivity index (χ3v) is 5.27. The summed E-state index contributed by atoms with van der Waals surface area (Å²) in [5, 5.41) is 8.72. The van der Waals surface area contributed by atoms with E-state index >= 15 is 0 Å². The van der Waals surface area contributed by atoms with Crippen LogP contribution in [0, 0.1) is 0 Å². The minimum absolute atomic E-state index is 0.00458. The molecular weight excluding hydrogens is 437 g/mol. The largest absolute Gasteiger partial charge is 0.456 e. The summed E-state index contributed by atoms with van der Waals surface area (Å²) < 4.78 is 29.6. The second kappa shape index (κ2) is 8.79. The summed E-state index contributed by atoms with van der Waals surface area (Å²) in [5.74, 6) is -0.0431. The van der Waals surface area contributed by atoms with E-state index < -0.39 is 10.0 Å². The summed E-state index contributed by atoms with van der Waals surface area (Å²) in [5.41, 5.74) is 0.828. The second-order valence-electron chi connectivity index (χ2n) is 5.96. The maximum atomic E-state index is 12.3. The minimum atomic E-state index is -4.13. The van der Waals surface area contributed by atoms with Gasteiger partial charge in [0, 0.05) is 23.1 Å². The van der Waals surface area contributed by atoms with Gasteiger partial charge in [-0.3, -0.25) is 9.78 Å². The monoisotopic (exact) mass is 451 g/mol. The Morgan fingerprint density at radius 3 is 2.62 bits per heavy atom. The normalized spacial score (nSPS) is 11.1. The highest BCUT2D eigenvalue weighted by Gasteiger charge is 2.18. The number of pyridine rings is 1. The van der Waals surface area contributed by atoms with Crippen LogP contribution in [0.3, 0.4) is 0 Å². The van der Waals surface area contributed by atoms with Crippen molar-refractivity contribution in [2.75, 3.05) is 5.32 Å². The molecule has 0 aliphatic carbocycles. The smallest absolute Gasteiger partial charge is 0.241 e. The van der Waals surface area contributed by atoms with E-state index in [-0.39, 0.29) is 28.7 Å². The van der Waals surface area contributed by atoms with E-state index in [0.717, 1.165) is 0 Å². The van der Waals surface area contributed by atoms with Crippen LogP contribution >= 0.6 is 23.2 Å². The van der Waals surface area contributed by atoms with E-state index in [0.29, 0.717) is 21.4 Å². The molecule has 0 aliphatic heterocycles. The molecule has 1 heterocycles. The lowest BCUT2D eigenvalue weighted by Gasteiger charge is -2.13. The van der Waals surface area contributed by atoms with Crippen LogP contribution in [0.2, 0.25) is 10.0 Å². The van der Waals surface area contributed by atoms with Crippen LogP contribution < -0.4 is 15.2 Å². The van der Waals surface area contributed by atoms with Crippen molar-refractivity contribution >= 4 is 44.8 Å². The van der Waals surface area contributed by atoms with Gasteiger partial charge in [0.2, 0.25) is 15.9 Å². The Bertz CT molecular complexity index is 1170. The van der Waals surface area contributed by atoms with Gasteiger partial charge >= 0.3 is 0 Å². The second-order valence-corrected chi connectivity index (χ2v) is 8.33. The molecule has 0 saturated heterocycles. The standard InChI is InChI=1S/C19H15Cl2N3O4S/c20-13-2-1-3-15(9-13)28-17-5-4-14(10-18(17)29(22,26)27)24-19(25)8-12-6-7-23-11-16(12)21/h1-7,9-11H,8H2,(H,24,25)(H2,22,26,27). The van der Waals surface area contributed by atoms with E-state index in [4.69, 9.17) is 33.1 Å². The van der Waals surface area contributed by atoms with Crippen LogP contribution in [-0.2, 0) is 21.2 Å². The summed E-state index contributed by atoms with van der Waals surface area (Å²) in [4.78, 5) is 15.9. The number of ether oxygens (including phenoxy) is 1. The molecule has 0 saturated carbocycles. The molecule has 1 amide bonds. The number of nitrogens with zero attached hydrogens (tertiary/aromatic N) is 1.